The van der Waals surface area contributed by atoms with Crippen molar-refractivity contribution in [3.8, 4) is 11.4 Å². The molecule has 0 radical (unpaired) electrons. The van der Waals surface area contributed by atoms with Crippen molar-refractivity contribution in [2.24, 2.45) is 0 Å². The van der Waals surface area contributed by atoms with Crippen LogP contribution >= 0.6 is 11.3 Å². The molecule has 0 aliphatic rings. The van der Waals surface area contributed by atoms with Crippen LogP contribution in [0.3, 0.4) is 0 Å². The average molecular weight is 967 g/mol. The van der Waals surface area contributed by atoms with Gasteiger partial charge in [0.15, 0.2) is 16.1 Å². The zero-order chi connectivity index (χ0) is 50.3. The van der Waals surface area contributed by atoms with E-state index in [1.165, 1.54) is 98.7 Å². The molecule has 0 unspecified atom stereocenters. The fourth-order valence-electron chi connectivity index (χ4n) is 10.5. The van der Waals surface area contributed by atoms with Crippen LogP contribution in [0.4, 0.5) is 0 Å². The molecule has 6 aromatic carbocycles. The normalized spacial score (nSPS) is 11.6. The van der Waals surface area contributed by atoms with Gasteiger partial charge in [-0.1, -0.05) is 103 Å². The van der Waals surface area contributed by atoms with Crippen molar-refractivity contribution in [2.75, 3.05) is 0 Å². The Hall–Kier alpha value is -7.94. The summed E-state index contributed by atoms with van der Waals surface area (Å²) in [5.41, 5.74) is 21.4. The smallest absolute Gasteiger partial charge is 0.213 e. The van der Waals surface area contributed by atoms with Gasteiger partial charge in [0.25, 0.3) is 0 Å². The van der Waals surface area contributed by atoms with E-state index in [1.54, 1.807) is 11.3 Å². The van der Waals surface area contributed by atoms with Gasteiger partial charge in [-0.2, -0.15) is 0 Å². The molecule has 0 bridgehead atoms. The van der Waals surface area contributed by atoms with Gasteiger partial charge in [0.2, 0.25) is 11.4 Å². The Balaban J connectivity index is 0.000000106. The molecule has 0 aliphatic heterocycles. The van der Waals surface area contributed by atoms with Crippen LogP contribution in [0.25, 0.3) is 98.8 Å². The first kappa shape index (κ1) is 46.4. The number of rotatable bonds is 2. The Kier molecular flexibility index (Phi) is 11.6. The van der Waals surface area contributed by atoms with E-state index < -0.39 is 0 Å². The molecule has 0 saturated heterocycles. The molecule has 8 heterocycles. The summed E-state index contributed by atoms with van der Waals surface area (Å²) in [6.45, 7) is 25.5. The van der Waals surface area contributed by atoms with E-state index in [0.717, 1.165) is 66.7 Å². The van der Waals surface area contributed by atoms with Gasteiger partial charge >= 0.3 is 0 Å². The molecule has 8 heteroatoms. The number of aromatic nitrogens is 2. The minimum Gasteiger partial charge on any atom is -0.457 e. The van der Waals surface area contributed by atoms with Crippen LogP contribution in [0.15, 0.2) is 156 Å². The van der Waals surface area contributed by atoms with Crippen molar-refractivity contribution in [1.82, 2.24) is 9.13 Å². The number of fused-ring (bicyclic) bond motifs is 12. The van der Waals surface area contributed by atoms with Crippen molar-refractivity contribution >= 4 is 98.8 Å². The van der Waals surface area contributed by atoms with Gasteiger partial charge in [0.1, 0.15) is 28.3 Å². The number of hydrogen-bond acceptors (Lipinski definition) is 6. The topological polar surface area (TPSA) is 75.6 Å². The summed E-state index contributed by atoms with van der Waals surface area (Å²) >= 11 is 1.74. The molecule has 0 amide bonds. The molecule has 0 saturated carbocycles. The molecule has 0 spiro atoms. The van der Waals surface area contributed by atoms with Gasteiger partial charge < -0.3 is 22.1 Å². The molecular formula is C64H58N2O5S. The molecule has 0 fully saturated rings. The van der Waals surface area contributed by atoms with Crippen LogP contribution in [0.5, 0.6) is 0 Å². The zero-order valence-corrected chi connectivity index (χ0v) is 43.9. The summed E-state index contributed by atoms with van der Waals surface area (Å²) < 4.78 is 34.0. The third kappa shape index (κ3) is 7.46. The molecule has 14 rings (SSSR count). The van der Waals surface area contributed by atoms with Crippen LogP contribution in [-0.4, -0.2) is 9.13 Å². The summed E-state index contributed by atoms with van der Waals surface area (Å²) in [5.74, 6) is 1.93. The summed E-state index contributed by atoms with van der Waals surface area (Å²) in [6.07, 6.45) is 0. The first-order valence-electron chi connectivity index (χ1n) is 24.6. The van der Waals surface area contributed by atoms with Crippen molar-refractivity contribution in [3.63, 3.8) is 0 Å². The molecular weight excluding hydrogens is 909 g/mol. The molecule has 72 heavy (non-hydrogen) atoms. The second kappa shape index (κ2) is 18.0. The highest BCUT2D eigenvalue weighted by atomic mass is 32.1. The summed E-state index contributed by atoms with van der Waals surface area (Å²) in [4.78, 5) is 2.41. The SMILES string of the molecule is Cc1cccc(C)c1-n1c(C)c(C)c2c3ccccc3oc21.Cc1cccc(C)c1-n1c2ccccc2c2c(C)c(C)oc21.Cc1oc2c(oc3ccccc32)c1C.Cc1sc2oc3ccccc3c2c1C. The third-order valence-electron chi connectivity index (χ3n) is 14.7. The van der Waals surface area contributed by atoms with E-state index in [-0.39, 0.29) is 0 Å². The minimum atomic E-state index is 0.871. The largest absolute Gasteiger partial charge is 0.457 e. The Labute approximate surface area is 422 Å². The van der Waals surface area contributed by atoms with Crippen molar-refractivity contribution in [2.45, 2.75) is 83.1 Å². The summed E-state index contributed by atoms with van der Waals surface area (Å²) in [5, 5.41) is 8.51. The monoisotopic (exact) mass is 966 g/mol. The number of thiophene rings is 1. The van der Waals surface area contributed by atoms with Crippen LogP contribution in [0.2, 0.25) is 0 Å². The van der Waals surface area contributed by atoms with Crippen LogP contribution in [0, 0.1) is 83.1 Å². The van der Waals surface area contributed by atoms with Crippen LogP contribution in [0.1, 0.15) is 66.6 Å². The molecule has 0 atom stereocenters. The molecule has 360 valence electrons. The fourth-order valence-corrected chi connectivity index (χ4v) is 11.6. The van der Waals surface area contributed by atoms with E-state index >= 15 is 0 Å². The molecule has 8 aromatic heterocycles. The van der Waals surface area contributed by atoms with Gasteiger partial charge in [-0.3, -0.25) is 9.13 Å². The quantitative estimate of drug-likeness (QED) is 0.173. The lowest BCUT2D eigenvalue weighted by molar-refractivity contribution is 0.558. The second-order valence-corrected chi connectivity index (χ2v) is 20.4. The van der Waals surface area contributed by atoms with Crippen LogP contribution < -0.4 is 0 Å². The predicted octanol–water partition coefficient (Wildman–Crippen LogP) is 19.3. The number of benzene rings is 6. The van der Waals surface area contributed by atoms with E-state index in [2.05, 4.69) is 156 Å². The standard InChI is InChI=1S/2C20H19NO.C12H10O2.C12H10OS/c1-12-8-7-9-13(2)19(12)21-17-11-6-5-10-16(17)18-14(3)15(4)22-20(18)21;1-12-8-7-9-13(2)19(12)21-15(4)14(3)18-16-10-5-6-11-17(16)22-20(18)21;1-7-8(2)13-12-9-5-3-4-6-10(9)14-11(7)12;1-7-8(2)14-12-11(7)9-5-3-4-6-10(9)13-12/h2*5-11H,1-4H3;2*3-6H,1-2H3. The summed E-state index contributed by atoms with van der Waals surface area (Å²) in [7, 11) is 0. The number of aryl methyl sites for hydroxylation is 11. The molecule has 14 aromatic rings. The Morgan fingerprint density at radius 1 is 0.347 bits per heavy atom. The van der Waals surface area contributed by atoms with Gasteiger partial charge in [0.05, 0.1) is 33.1 Å². The molecule has 0 N–H and O–H groups in total. The first-order chi connectivity index (χ1) is 34.7. The van der Waals surface area contributed by atoms with Crippen molar-refractivity contribution in [1.29, 1.82) is 0 Å². The maximum atomic E-state index is 6.21. The molecule has 7 nitrogen and oxygen atoms in total. The van der Waals surface area contributed by atoms with Crippen molar-refractivity contribution in [3.05, 3.63) is 200 Å². The van der Waals surface area contributed by atoms with E-state index in [1.807, 2.05) is 69.3 Å². The molecule has 0 aliphatic carbocycles. The van der Waals surface area contributed by atoms with E-state index in [0.29, 0.717) is 0 Å². The van der Waals surface area contributed by atoms with Crippen molar-refractivity contribution < 1.29 is 22.1 Å². The predicted molar refractivity (Wildman–Crippen MR) is 301 cm³/mol. The number of furan rings is 5. The Morgan fingerprint density at radius 3 is 1.44 bits per heavy atom. The first-order valence-corrected chi connectivity index (χ1v) is 25.4. The van der Waals surface area contributed by atoms with E-state index in [9.17, 15) is 0 Å². The number of hydrogen-bond donors (Lipinski definition) is 0. The summed E-state index contributed by atoms with van der Waals surface area (Å²) in [6, 6.07) is 45.8. The number of para-hydroxylation sites is 6. The van der Waals surface area contributed by atoms with Crippen LogP contribution in [-0.2, 0) is 0 Å². The van der Waals surface area contributed by atoms with E-state index in [4.69, 9.17) is 22.1 Å². The highest BCUT2D eigenvalue weighted by Gasteiger charge is 2.23. The zero-order valence-electron chi connectivity index (χ0n) is 43.0. The lowest BCUT2D eigenvalue weighted by atomic mass is 10.1. The fraction of sp³-hybridized carbons (Fsp3) is 0.188. The number of nitrogens with zero attached hydrogens (tertiary/aromatic N) is 2. The maximum absolute atomic E-state index is 6.21. The lowest BCUT2D eigenvalue weighted by Gasteiger charge is -2.13. The second-order valence-electron chi connectivity index (χ2n) is 19.2. The highest BCUT2D eigenvalue weighted by Crippen LogP contribution is 2.41. The Bertz CT molecular complexity index is 4330. The van der Waals surface area contributed by atoms with Gasteiger partial charge in [-0.05, 0) is 147 Å². The maximum Gasteiger partial charge on any atom is 0.213 e. The van der Waals surface area contributed by atoms with Gasteiger partial charge in [-0.15, -0.1) is 11.3 Å². The average Bonchev–Trinajstić information content (AvgIpc) is 4.26. The third-order valence-corrected chi connectivity index (χ3v) is 15.8. The Morgan fingerprint density at radius 2 is 0.819 bits per heavy atom. The highest BCUT2D eigenvalue weighted by molar-refractivity contribution is 7.18. The van der Waals surface area contributed by atoms with Gasteiger partial charge in [0, 0.05) is 43.2 Å². The van der Waals surface area contributed by atoms with Gasteiger partial charge in [-0.25, -0.2) is 0 Å². The lowest BCUT2D eigenvalue weighted by Crippen LogP contribution is -2.01. The minimum absolute atomic E-state index is 0.871.